The standard InChI is InChI=1S/C12H9BrN4O/c13-7-1-2-9-6(3-7)4-8-11(15-9)16-10(5-14)17-12(8)18/h1-4H,5,14H2,(H,15,16,17,18). The maximum absolute atomic E-state index is 11.9. The Balaban J connectivity index is 2.45. The molecule has 0 atom stereocenters. The summed E-state index contributed by atoms with van der Waals surface area (Å²) in [6, 6.07) is 7.48. The number of nitrogens with one attached hydrogen (secondary N) is 1. The Bertz CT molecular complexity index is 812. The summed E-state index contributed by atoms with van der Waals surface area (Å²) in [4.78, 5) is 23.1. The number of rotatable bonds is 1. The molecule has 2 heterocycles. The molecule has 0 aliphatic rings. The lowest BCUT2D eigenvalue weighted by molar-refractivity contribution is 0.908. The first-order valence-corrected chi connectivity index (χ1v) is 6.16. The van der Waals surface area contributed by atoms with Crippen LogP contribution in [0.25, 0.3) is 21.9 Å². The summed E-state index contributed by atoms with van der Waals surface area (Å²) in [5.41, 5.74) is 6.49. The second-order valence-electron chi connectivity index (χ2n) is 3.91. The molecule has 0 fully saturated rings. The molecule has 5 nitrogen and oxygen atoms in total. The minimum atomic E-state index is -0.213. The Morgan fingerprint density at radius 3 is 2.89 bits per heavy atom. The van der Waals surface area contributed by atoms with Crippen LogP contribution < -0.4 is 11.3 Å². The molecule has 2 aromatic heterocycles. The van der Waals surface area contributed by atoms with Gasteiger partial charge in [0.05, 0.1) is 17.4 Å². The van der Waals surface area contributed by atoms with Crippen molar-refractivity contribution < 1.29 is 0 Å². The van der Waals surface area contributed by atoms with Crippen LogP contribution in [0.5, 0.6) is 0 Å². The van der Waals surface area contributed by atoms with Crippen LogP contribution in [0, 0.1) is 0 Å². The van der Waals surface area contributed by atoms with Gasteiger partial charge in [0.15, 0.2) is 5.65 Å². The highest BCUT2D eigenvalue weighted by atomic mass is 79.9. The van der Waals surface area contributed by atoms with Gasteiger partial charge in [-0.15, -0.1) is 0 Å². The number of pyridine rings is 1. The monoisotopic (exact) mass is 304 g/mol. The van der Waals surface area contributed by atoms with E-state index in [9.17, 15) is 4.79 Å². The first kappa shape index (κ1) is 11.3. The maximum Gasteiger partial charge on any atom is 0.260 e. The number of benzene rings is 1. The van der Waals surface area contributed by atoms with Gasteiger partial charge < -0.3 is 10.7 Å². The van der Waals surface area contributed by atoms with Crippen LogP contribution in [0.3, 0.4) is 0 Å². The summed E-state index contributed by atoms with van der Waals surface area (Å²) in [6.07, 6.45) is 0. The summed E-state index contributed by atoms with van der Waals surface area (Å²) in [5, 5.41) is 1.36. The van der Waals surface area contributed by atoms with Crippen molar-refractivity contribution in [3.05, 3.63) is 44.9 Å². The van der Waals surface area contributed by atoms with Gasteiger partial charge in [-0.1, -0.05) is 15.9 Å². The van der Waals surface area contributed by atoms with Gasteiger partial charge in [-0.3, -0.25) is 4.79 Å². The Hall–Kier alpha value is -1.79. The lowest BCUT2D eigenvalue weighted by atomic mass is 10.2. The molecule has 3 rings (SSSR count). The third-order valence-corrected chi connectivity index (χ3v) is 3.19. The molecule has 0 aliphatic heterocycles. The Labute approximate surface area is 110 Å². The Morgan fingerprint density at radius 1 is 1.28 bits per heavy atom. The first-order chi connectivity index (χ1) is 8.67. The number of H-pyrrole nitrogens is 1. The predicted molar refractivity (Wildman–Crippen MR) is 73.3 cm³/mol. The minimum Gasteiger partial charge on any atom is -0.324 e. The van der Waals surface area contributed by atoms with Crippen molar-refractivity contribution in [1.82, 2.24) is 15.0 Å². The van der Waals surface area contributed by atoms with E-state index < -0.39 is 0 Å². The zero-order valence-corrected chi connectivity index (χ0v) is 10.9. The van der Waals surface area contributed by atoms with Crippen LogP contribution >= 0.6 is 15.9 Å². The number of aromatic amines is 1. The predicted octanol–water partition coefficient (Wildman–Crippen LogP) is 1.69. The normalized spacial score (nSPS) is 11.2. The average Bonchev–Trinajstić information content (AvgIpc) is 2.37. The van der Waals surface area contributed by atoms with Crippen molar-refractivity contribution in [3.8, 4) is 0 Å². The fraction of sp³-hybridized carbons (Fsp3) is 0.0833. The van der Waals surface area contributed by atoms with E-state index in [0.717, 1.165) is 15.4 Å². The quantitative estimate of drug-likeness (QED) is 0.670. The van der Waals surface area contributed by atoms with Crippen molar-refractivity contribution in [2.75, 3.05) is 0 Å². The lowest BCUT2D eigenvalue weighted by Gasteiger charge is -2.02. The summed E-state index contributed by atoms with van der Waals surface area (Å²) in [6.45, 7) is 0.186. The highest BCUT2D eigenvalue weighted by molar-refractivity contribution is 9.10. The van der Waals surface area contributed by atoms with Gasteiger partial charge >= 0.3 is 0 Å². The van der Waals surface area contributed by atoms with Crippen LogP contribution in [0.15, 0.2) is 33.5 Å². The fourth-order valence-corrected chi connectivity index (χ4v) is 2.22. The number of hydrogen-bond acceptors (Lipinski definition) is 4. The molecule has 18 heavy (non-hydrogen) atoms. The zero-order valence-electron chi connectivity index (χ0n) is 9.27. The van der Waals surface area contributed by atoms with E-state index in [2.05, 4.69) is 30.9 Å². The average molecular weight is 305 g/mol. The molecule has 0 radical (unpaired) electrons. The second kappa shape index (κ2) is 4.15. The van der Waals surface area contributed by atoms with E-state index in [-0.39, 0.29) is 12.1 Å². The number of nitrogens with zero attached hydrogens (tertiary/aromatic N) is 2. The smallest absolute Gasteiger partial charge is 0.260 e. The van der Waals surface area contributed by atoms with E-state index in [0.29, 0.717) is 16.9 Å². The van der Waals surface area contributed by atoms with Crippen LogP contribution in [0.1, 0.15) is 5.82 Å². The summed E-state index contributed by atoms with van der Waals surface area (Å²) in [7, 11) is 0. The van der Waals surface area contributed by atoms with Gasteiger partial charge in [0.1, 0.15) is 5.82 Å². The van der Waals surface area contributed by atoms with E-state index in [1.165, 1.54) is 0 Å². The molecule has 0 aliphatic carbocycles. The summed E-state index contributed by atoms with van der Waals surface area (Å²) < 4.78 is 0.944. The van der Waals surface area contributed by atoms with Crippen molar-refractivity contribution in [1.29, 1.82) is 0 Å². The van der Waals surface area contributed by atoms with Crippen molar-refractivity contribution in [3.63, 3.8) is 0 Å². The molecule has 0 unspecified atom stereocenters. The van der Waals surface area contributed by atoms with Gasteiger partial charge in [-0.2, -0.15) is 0 Å². The third kappa shape index (κ3) is 1.79. The highest BCUT2D eigenvalue weighted by Crippen LogP contribution is 2.20. The number of fused-ring (bicyclic) bond motifs is 2. The number of aromatic nitrogens is 3. The second-order valence-corrected chi connectivity index (χ2v) is 4.83. The molecule has 3 aromatic rings. The maximum atomic E-state index is 11.9. The van der Waals surface area contributed by atoms with Gasteiger partial charge in [-0.05, 0) is 24.3 Å². The first-order valence-electron chi connectivity index (χ1n) is 5.36. The van der Waals surface area contributed by atoms with E-state index >= 15 is 0 Å². The van der Waals surface area contributed by atoms with Gasteiger partial charge in [0.2, 0.25) is 0 Å². The molecule has 6 heteroatoms. The van der Waals surface area contributed by atoms with Gasteiger partial charge in [-0.25, -0.2) is 9.97 Å². The van der Waals surface area contributed by atoms with Gasteiger partial charge in [0.25, 0.3) is 5.56 Å². The molecule has 0 saturated heterocycles. The van der Waals surface area contributed by atoms with Gasteiger partial charge in [0, 0.05) is 9.86 Å². The molecular weight excluding hydrogens is 296 g/mol. The molecular formula is C12H9BrN4O. The van der Waals surface area contributed by atoms with Crippen LogP contribution in [-0.4, -0.2) is 15.0 Å². The Kier molecular flexibility index (Phi) is 2.61. The molecule has 0 saturated carbocycles. The number of halogens is 1. The largest absolute Gasteiger partial charge is 0.324 e. The SMILES string of the molecule is NCc1nc2nc3ccc(Br)cc3cc2c(=O)[nH]1. The molecule has 0 spiro atoms. The van der Waals surface area contributed by atoms with Crippen LogP contribution in [-0.2, 0) is 6.54 Å². The van der Waals surface area contributed by atoms with E-state index in [1.54, 1.807) is 6.07 Å². The molecule has 1 aromatic carbocycles. The highest BCUT2D eigenvalue weighted by Gasteiger charge is 2.06. The molecule has 90 valence electrons. The number of hydrogen-bond donors (Lipinski definition) is 2. The lowest BCUT2D eigenvalue weighted by Crippen LogP contribution is -2.15. The molecule has 0 amide bonds. The minimum absolute atomic E-state index is 0.186. The summed E-state index contributed by atoms with van der Waals surface area (Å²) in [5.74, 6) is 0.441. The fourth-order valence-electron chi connectivity index (χ4n) is 1.84. The van der Waals surface area contributed by atoms with E-state index in [1.807, 2.05) is 18.2 Å². The molecule has 0 bridgehead atoms. The van der Waals surface area contributed by atoms with Crippen molar-refractivity contribution in [2.24, 2.45) is 5.73 Å². The zero-order chi connectivity index (χ0) is 12.7. The topological polar surface area (TPSA) is 84.7 Å². The van der Waals surface area contributed by atoms with Crippen LogP contribution in [0.4, 0.5) is 0 Å². The summed E-state index contributed by atoms with van der Waals surface area (Å²) >= 11 is 3.39. The third-order valence-electron chi connectivity index (χ3n) is 2.69. The van der Waals surface area contributed by atoms with Crippen molar-refractivity contribution in [2.45, 2.75) is 6.54 Å². The molecule has 3 N–H and O–H groups in total. The van der Waals surface area contributed by atoms with Crippen molar-refractivity contribution >= 4 is 37.9 Å². The van der Waals surface area contributed by atoms with Crippen LogP contribution in [0.2, 0.25) is 0 Å². The Morgan fingerprint density at radius 2 is 2.11 bits per heavy atom. The number of nitrogens with two attached hydrogens (primary N) is 1. The van der Waals surface area contributed by atoms with E-state index in [4.69, 9.17) is 5.73 Å².